The number of alkyl halides is 6. The molecular weight excluding hydrogens is 462 g/mol. The van der Waals surface area contributed by atoms with Gasteiger partial charge >= 0.3 is 12.7 Å². The van der Waals surface area contributed by atoms with Gasteiger partial charge in [0.1, 0.15) is 11.5 Å². The standard InChI is InChI=1S/C24H20F6N2O2/c25-23(26,27)33-19-8-4-16(5-9-19)21-14-18(32-12-2-1-3-13-32)15-22(31-21)17-6-10-20(11-7-17)34-24(28,29)30/h4-11,14-15H,1-3,12-13H2. The molecule has 180 valence electrons. The van der Waals surface area contributed by atoms with Gasteiger partial charge < -0.3 is 14.4 Å². The topological polar surface area (TPSA) is 34.6 Å². The van der Waals surface area contributed by atoms with Gasteiger partial charge in [-0.3, -0.25) is 0 Å². The molecule has 0 aliphatic carbocycles. The molecule has 1 aliphatic heterocycles. The van der Waals surface area contributed by atoms with Crippen molar-refractivity contribution < 1.29 is 35.8 Å². The minimum Gasteiger partial charge on any atom is -0.406 e. The van der Waals surface area contributed by atoms with Crippen molar-refractivity contribution >= 4 is 5.69 Å². The average molecular weight is 482 g/mol. The summed E-state index contributed by atoms with van der Waals surface area (Å²) in [6.07, 6.45) is -6.39. The zero-order chi connectivity index (χ0) is 24.3. The zero-order valence-corrected chi connectivity index (χ0v) is 17.8. The van der Waals surface area contributed by atoms with Gasteiger partial charge in [0.2, 0.25) is 0 Å². The first kappa shape index (κ1) is 23.7. The van der Waals surface area contributed by atoms with Gasteiger partial charge in [0.05, 0.1) is 11.4 Å². The molecule has 0 spiro atoms. The molecule has 1 fully saturated rings. The summed E-state index contributed by atoms with van der Waals surface area (Å²) in [5.41, 5.74) is 3.07. The number of aromatic nitrogens is 1. The fourth-order valence-electron chi connectivity index (χ4n) is 3.80. The van der Waals surface area contributed by atoms with Gasteiger partial charge in [-0.15, -0.1) is 26.3 Å². The second-order valence-electron chi connectivity index (χ2n) is 7.79. The highest BCUT2D eigenvalue weighted by Crippen LogP contribution is 2.33. The summed E-state index contributed by atoms with van der Waals surface area (Å²) in [5, 5.41) is 0. The van der Waals surface area contributed by atoms with E-state index in [1.165, 1.54) is 48.5 Å². The Morgan fingerprint density at radius 1 is 0.618 bits per heavy atom. The smallest absolute Gasteiger partial charge is 0.406 e. The monoisotopic (exact) mass is 482 g/mol. The van der Waals surface area contributed by atoms with Crippen molar-refractivity contribution in [2.75, 3.05) is 18.0 Å². The van der Waals surface area contributed by atoms with Crippen LogP contribution in [0, 0.1) is 0 Å². The molecule has 1 saturated heterocycles. The minimum atomic E-state index is -4.79. The first-order valence-electron chi connectivity index (χ1n) is 10.6. The number of nitrogens with zero attached hydrogens (tertiary/aromatic N) is 2. The summed E-state index contributed by atoms with van der Waals surface area (Å²) >= 11 is 0. The molecule has 0 atom stereocenters. The normalized spacial score (nSPS) is 14.7. The highest BCUT2D eigenvalue weighted by Gasteiger charge is 2.31. The number of halogens is 6. The lowest BCUT2D eigenvalue weighted by Gasteiger charge is -2.29. The second kappa shape index (κ2) is 9.44. The van der Waals surface area contributed by atoms with Crippen LogP contribution in [-0.4, -0.2) is 30.8 Å². The van der Waals surface area contributed by atoms with Gasteiger partial charge in [-0.2, -0.15) is 0 Å². The number of hydrogen-bond acceptors (Lipinski definition) is 4. The summed E-state index contributed by atoms with van der Waals surface area (Å²) in [4.78, 5) is 6.82. The summed E-state index contributed by atoms with van der Waals surface area (Å²) < 4.78 is 82.7. The Morgan fingerprint density at radius 2 is 1.03 bits per heavy atom. The van der Waals surface area contributed by atoms with Gasteiger partial charge in [-0.05, 0) is 79.9 Å². The van der Waals surface area contributed by atoms with E-state index in [-0.39, 0.29) is 11.5 Å². The lowest BCUT2D eigenvalue weighted by molar-refractivity contribution is -0.275. The van der Waals surface area contributed by atoms with Crippen LogP contribution < -0.4 is 14.4 Å². The van der Waals surface area contributed by atoms with Crippen LogP contribution in [0.4, 0.5) is 32.0 Å². The molecule has 0 bridgehead atoms. The van der Waals surface area contributed by atoms with Gasteiger partial charge in [0.25, 0.3) is 0 Å². The molecule has 10 heteroatoms. The highest BCUT2D eigenvalue weighted by atomic mass is 19.4. The molecular formula is C24H20F6N2O2. The maximum Gasteiger partial charge on any atom is 0.573 e. The van der Waals surface area contributed by atoms with Crippen molar-refractivity contribution in [2.45, 2.75) is 32.0 Å². The lowest BCUT2D eigenvalue weighted by Crippen LogP contribution is -2.29. The van der Waals surface area contributed by atoms with Crippen LogP contribution >= 0.6 is 0 Å². The van der Waals surface area contributed by atoms with Crippen molar-refractivity contribution in [3.05, 3.63) is 60.7 Å². The van der Waals surface area contributed by atoms with Gasteiger partial charge in [0, 0.05) is 29.9 Å². The molecule has 34 heavy (non-hydrogen) atoms. The quantitative estimate of drug-likeness (QED) is 0.360. The van der Waals surface area contributed by atoms with E-state index in [9.17, 15) is 26.3 Å². The van der Waals surface area contributed by atoms with E-state index in [0.717, 1.165) is 38.0 Å². The van der Waals surface area contributed by atoms with Gasteiger partial charge in [-0.1, -0.05) is 0 Å². The minimum absolute atomic E-state index is 0.344. The first-order chi connectivity index (χ1) is 16.1. The van der Waals surface area contributed by atoms with E-state index >= 15 is 0 Å². The Hall–Kier alpha value is -3.43. The third-order valence-corrected chi connectivity index (χ3v) is 5.30. The molecule has 0 unspecified atom stereocenters. The van der Waals surface area contributed by atoms with Crippen molar-refractivity contribution in [3.63, 3.8) is 0 Å². The van der Waals surface area contributed by atoms with E-state index in [1.54, 1.807) is 0 Å². The van der Waals surface area contributed by atoms with Crippen LogP contribution in [0.25, 0.3) is 22.5 Å². The van der Waals surface area contributed by atoms with Crippen LogP contribution in [0.5, 0.6) is 11.5 Å². The number of piperidine rings is 1. The summed E-state index contributed by atoms with van der Waals surface area (Å²) in [6, 6.07) is 14.5. The molecule has 0 N–H and O–H groups in total. The maximum absolute atomic E-state index is 12.5. The fraction of sp³-hybridized carbons (Fsp3) is 0.292. The number of ether oxygens (including phenoxy) is 2. The summed E-state index contributed by atoms with van der Waals surface area (Å²) in [6.45, 7) is 1.69. The Bertz CT molecular complexity index is 1030. The Labute approximate surface area is 191 Å². The number of rotatable bonds is 5. The predicted octanol–water partition coefficient (Wildman–Crippen LogP) is 7.20. The van der Waals surface area contributed by atoms with E-state index in [4.69, 9.17) is 0 Å². The van der Waals surface area contributed by atoms with E-state index in [2.05, 4.69) is 19.4 Å². The molecule has 4 rings (SSSR count). The largest absolute Gasteiger partial charge is 0.573 e. The van der Waals surface area contributed by atoms with Crippen LogP contribution in [0.1, 0.15) is 19.3 Å². The molecule has 3 aromatic rings. The second-order valence-corrected chi connectivity index (χ2v) is 7.79. The fourth-order valence-corrected chi connectivity index (χ4v) is 3.80. The number of pyridine rings is 1. The van der Waals surface area contributed by atoms with E-state index < -0.39 is 12.7 Å². The zero-order valence-electron chi connectivity index (χ0n) is 17.8. The van der Waals surface area contributed by atoms with Crippen LogP contribution in [0.15, 0.2) is 60.7 Å². The Balaban J connectivity index is 1.68. The van der Waals surface area contributed by atoms with Crippen molar-refractivity contribution in [2.24, 2.45) is 0 Å². The molecule has 2 heterocycles. The third-order valence-electron chi connectivity index (χ3n) is 5.30. The molecule has 0 radical (unpaired) electrons. The van der Waals surface area contributed by atoms with Crippen molar-refractivity contribution in [1.29, 1.82) is 0 Å². The SMILES string of the molecule is FC(F)(F)Oc1ccc(-c2cc(N3CCCCC3)cc(-c3ccc(OC(F)(F)F)cc3)n2)cc1. The third kappa shape index (κ3) is 6.33. The highest BCUT2D eigenvalue weighted by molar-refractivity contribution is 5.73. The van der Waals surface area contributed by atoms with Crippen molar-refractivity contribution in [1.82, 2.24) is 4.98 Å². The molecule has 2 aromatic carbocycles. The maximum atomic E-state index is 12.5. The lowest BCUT2D eigenvalue weighted by atomic mass is 10.0. The molecule has 1 aromatic heterocycles. The number of hydrogen-bond donors (Lipinski definition) is 0. The molecule has 0 amide bonds. The van der Waals surface area contributed by atoms with Crippen LogP contribution in [-0.2, 0) is 0 Å². The van der Waals surface area contributed by atoms with E-state index in [0.29, 0.717) is 22.5 Å². The van der Waals surface area contributed by atoms with Gasteiger partial charge in [0.15, 0.2) is 0 Å². The van der Waals surface area contributed by atoms with Crippen LogP contribution in [0.2, 0.25) is 0 Å². The summed E-state index contributed by atoms with van der Waals surface area (Å²) in [7, 11) is 0. The Kier molecular flexibility index (Phi) is 6.58. The summed E-state index contributed by atoms with van der Waals surface area (Å²) in [5.74, 6) is -0.687. The van der Waals surface area contributed by atoms with Crippen molar-refractivity contribution in [3.8, 4) is 34.0 Å². The van der Waals surface area contributed by atoms with Crippen LogP contribution in [0.3, 0.4) is 0 Å². The molecule has 0 saturated carbocycles. The van der Waals surface area contributed by atoms with Gasteiger partial charge in [-0.25, -0.2) is 4.98 Å². The molecule has 4 nitrogen and oxygen atoms in total. The number of anilines is 1. The molecule has 1 aliphatic rings. The van der Waals surface area contributed by atoms with E-state index in [1.807, 2.05) is 12.1 Å². The average Bonchev–Trinajstić information content (AvgIpc) is 2.78. The predicted molar refractivity (Wildman–Crippen MR) is 115 cm³/mol. The Morgan fingerprint density at radius 3 is 1.41 bits per heavy atom. The number of benzene rings is 2. The first-order valence-corrected chi connectivity index (χ1v) is 10.6.